The third kappa shape index (κ3) is 2.01. The lowest BCUT2D eigenvalue weighted by atomic mass is 10.0. The van der Waals surface area contributed by atoms with E-state index in [0.29, 0.717) is 0 Å². The van der Waals surface area contributed by atoms with E-state index < -0.39 is 0 Å². The number of carbonyl (C=O) groups is 1. The first-order chi connectivity index (χ1) is 7.70. The van der Waals surface area contributed by atoms with Crippen molar-refractivity contribution in [3.8, 4) is 0 Å². The van der Waals surface area contributed by atoms with Crippen molar-refractivity contribution in [2.45, 2.75) is 19.3 Å². The van der Waals surface area contributed by atoms with Gasteiger partial charge in [-0.05, 0) is 31.4 Å². The van der Waals surface area contributed by atoms with Crippen LogP contribution in [0.2, 0.25) is 0 Å². The smallest absolute Gasteiger partial charge is 0.233 e. The van der Waals surface area contributed by atoms with Crippen molar-refractivity contribution >= 4 is 11.6 Å². The van der Waals surface area contributed by atoms with Gasteiger partial charge in [-0.15, -0.1) is 0 Å². The predicted molar refractivity (Wildman–Crippen MR) is 66.3 cm³/mol. The molecule has 2 heteroatoms. The highest BCUT2D eigenvalue weighted by atomic mass is 16.2. The molecule has 1 atom stereocenters. The molecule has 1 amide bonds. The highest BCUT2D eigenvalue weighted by molar-refractivity contribution is 5.96. The van der Waals surface area contributed by atoms with Crippen LogP contribution in [-0.2, 0) is 4.79 Å². The molecule has 0 unspecified atom stereocenters. The number of para-hydroxylation sites is 1. The molecular weight excluding hydrogens is 198 g/mol. The monoisotopic (exact) mass is 215 g/mol. The summed E-state index contributed by atoms with van der Waals surface area (Å²) in [5.41, 5.74) is 2.04. The van der Waals surface area contributed by atoms with E-state index in [1.165, 1.54) is 0 Å². The minimum Gasteiger partial charge on any atom is -0.315 e. The van der Waals surface area contributed by atoms with E-state index in [1.54, 1.807) is 4.90 Å². The van der Waals surface area contributed by atoms with Gasteiger partial charge in [0.1, 0.15) is 0 Å². The van der Waals surface area contributed by atoms with Gasteiger partial charge in [-0.25, -0.2) is 0 Å². The summed E-state index contributed by atoms with van der Waals surface area (Å²) < 4.78 is 0. The molecule has 0 spiro atoms. The van der Waals surface area contributed by atoms with Crippen LogP contribution < -0.4 is 4.90 Å². The fraction of sp³-hybridized carbons (Fsp3) is 0.357. The quantitative estimate of drug-likeness (QED) is 0.694. The van der Waals surface area contributed by atoms with Crippen molar-refractivity contribution < 1.29 is 4.79 Å². The Labute approximate surface area is 96.6 Å². The predicted octanol–water partition coefficient (Wildman–Crippen LogP) is 3.01. The van der Waals surface area contributed by atoms with Crippen LogP contribution in [0.25, 0.3) is 0 Å². The molecule has 1 fully saturated rings. The van der Waals surface area contributed by atoms with Crippen molar-refractivity contribution in [3.05, 3.63) is 42.5 Å². The summed E-state index contributed by atoms with van der Waals surface area (Å²) in [7, 11) is 1.84. The second kappa shape index (κ2) is 4.52. The molecule has 2 nitrogen and oxygen atoms in total. The van der Waals surface area contributed by atoms with Crippen molar-refractivity contribution in [1.82, 2.24) is 0 Å². The zero-order chi connectivity index (χ0) is 11.5. The average molecular weight is 215 g/mol. The van der Waals surface area contributed by atoms with Crippen LogP contribution in [0.3, 0.4) is 0 Å². The number of hydrogen-bond donors (Lipinski definition) is 0. The van der Waals surface area contributed by atoms with Crippen LogP contribution >= 0.6 is 0 Å². The summed E-state index contributed by atoms with van der Waals surface area (Å²) in [5.74, 6) is 0.207. The normalized spacial score (nSPS) is 19.8. The van der Waals surface area contributed by atoms with Crippen LogP contribution in [0.1, 0.15) is 19.3 Å². The Hall–Kier alpha value is -1.57. The Balaban J connectivity index is 2.13. The Bertz CT molecular complexity index is 396. The van der Waals surface area contributed by atoms with Gasteiger partial charge in [0.25, 0.3) is 0 Å². The topological polar surface area (TPSA) is 20.3 Å². The van der Waals surface area contributed by atoms with E-state index in [-0.39, 0.29) is 11.8 Å². The number of anilines is 1. The molecule has 16 heavy (non-hydrogen) atoms. The molecule has 1 saturated carbocycles. The van der Waals surface area contributed by atoms with E-state index in [4.69, 9.17) is 0 Å². The zero-order valence-corrected chi connectivity index (χ0v) is 9.65. The maximum Gasteiger partial charge on any atom is 0.233 e. The Morgan fingerprint density at radius 3 is 2.62 bits per heavy atom. The molecule has 1 aliphatic rings. The number of nitrogens with zero attached hydrogens (tertiary/aromatic N) is 1. The van der Waals surface area contributed by atoms with Gasteiger partial charge in [0.2, 0.25) is 5.91 Å². The first kappa shape index (κ1) is 10.9. The van der Waals surface area contributed by atoms with E-state index >= 15 is 0 Å². The SMILES string of the molecule is C=C1CCC[C@H]1C(=O)N(C)c1ccccc1. The summed E-state index contributed by atoms with van der Waals surface area (Å²) in [6, 6.07) is 9.76. The second-order valence-corrected chi connectivity index (χ2v) is 4.34. The molecule has 1 aromatic rings. The second-order valence-electron chi connectivity index (χ2n) is 4.34. The fourth-order valence-corrected chi connectivity index (χ4v) is 2.22. The average Bonchev–Trinajstić information content (AvgIpc) is 2.75. The number of rotatable bonds is 2. The maximum atomic E-state index is 12.2. The molecule has 0 heterocycles. The summed E-state index contributed by atoms with van der Waals surface area (Å²) in [6.45, 7) is 3.99. The van der Waals surface area contributed by atoms with Crippen molar-refractivity contribution in [1.29, 1.82) is 0 Å². The first-order valence-electron chi connectivity index (χ1n) is 5.70. The third-order valence-electron chi connectivity index (χ3n) is 3.26. The van der Waals surface area contributed by atoms with Crippen LogP contribution in [0.15, 0.2) is 42.5 Å². The fourth-order valence-electron chi connectivity index (χ4n) is 2.22. The largest absolute Gasteiger partial charge is 0.315 e. The van der Waals surface area contributed by atoms with Gasteiger partial charge in [-0.3, -0.25) is 4.79 Å². The minimum absolute atomic E-state index is 0.0326. The van der Waals surface area contributed by atoms with Crippen LogP contribution in [0.5, 0.6) is 0 Å². The molecule has 2 rings (SSSR count). The van der Waals surface area contributed by atoms with Gasteiger partial charge >= 0.3 is 0 Å². The number of hydrogen-bond acceptors (Lipinski definition) is 1. The molecule has 84 valence electrons. The minimum atomic E-state index is 0.0326. The molecule has 0 aromatic heterocycles. The molecule has 0 saturated heterocycles. The Kier molecular flexibility index (Phi) is 3.09. The van der Waals surface area contributed by atoms with Gasteiger partial charge in [0.15, 0.2) is 0 Å². The highest BCUT2D eigenvalue weighted by Crippen LogP contribution is 2.31. The van der Waals surface area contributed by atoms with E-state index in [0.717, 1.165) is 30.5 Å². The number of carbonyl (C=O) groups excluding carboxylic acids is 1. The lowest BCUT2D eigenvalue weighted by Crippen LogP contribution is -2.32. The summed E-state index contributed by atoms with van der Waals surface area (Å²) in [6.07, 6.45) is 3.05. The van der Waals surface area contributed by atoms with Gasteiger partial charge in [-0.2, -0.15) is 0 Å². The van der Waals surface area contributed by atoms with E-state index in [1.807, 2.05) is 37.4 Å². The van der Waals surface area contributed by atoms with Gasteiger partial charge in [0.05, 0.1) is 5.92 Å². The molecule has 1 aromatic carbocycles. The Morgan fingerprint density at radius 1 is 1.38 bits per heavy atom. The maximum absolute atomic E-state index is 12.2. The third-order valence-corrected chi connectivity index (χ3v) is 3.26. The molecule has 0 aliphatic heterocycles. The molecule has 0 bridgehead atoms. The van der Waals surface area contributed by atoms with E-state index in [9.17, 15) is 4.79 Å². The van der Waals surface area contributed by atoms with Crippen LogP contribution in [0, 0.1) is 5.92 Å². The van der Waals surface area contributed by atoms with E-state index in [2.05, 4.69) is 6.58 Å². The van der Waals surface area contributed by atoms with Crippen molar-refractivity contribution in [2.75, 3.05) is 11.9 Å². The standard InChI is InChI=1S/C14H17NO/c1-11-7-6-10-13(11)14(16)15(2)12-8-4-3-5-9-12/h3-5,8-9,13H,1,6-7,10H2,2H3/t13-/m1/s1. The number of benzene rings is 1. The lowest BCUT2D eigenvalue weighted by Gasteiger charge is -2.21. The van der Waals surface area contributed by atoms with Gasteiger partial charge in [0, 0.05) is 12.7 Å². The lowest BCUT2D eigenvalue weighted by molar-refractivity contribution is -0.120. The first-order valence-corrected chi connectivity index (χ1v) is 5.70. The van der Waals surface area contributed by atoms with Crippen molar-refractivity contribution in [2.24, 2.45) is 5.92 Å². The summed E-state index contributed by atoms with van der Waals surface area (Å²) in [4.78, 5) is 14.0. The van der Waals surface area contributed by atoms with Gasteiger partial charge in [-0.1, -0.05) is 30.4 Å². The van der Waals surface area contributed by atoms with Crippen molar-refractivity contribution in [3.63, 3.8) is 0 Å². The zero-order valence-electron chi connectivity index (χ0n) is 9.65. The molecule has 0 radical (unpaired) electrons. The number of amides is 1. The Morgan fingerprint density at radius 2 is 2.06 bits per heavy atom. The molecule has 0 N–H and O–H groups in total. The highest BCUT2D eigenvalue weighted by Gasteiger charge is 2.28. The molecular formula is C14H17NO. The van der Waals surface area contributed by atoms with Gasteiger partial charge < -0.3 is 4.90 Å². The summed E-state index contributed by atoms with van der Waals surface area (Å²) >= 11 is 0. The molecule has 1 aliphatic carbocycles. The van der Waals surface area contributed by atoms with Crippen LogP contribution in [-0.4, -0.2) is 13.0 Å². The van der Waals surface area contributed by atoms with Crippen LogP contribution in [0.4, 0.5) is 5.69 Å². The summed E-state index contributed by atoms with van der Waals surface area (Å²) in [5, 5.41) is 0.